The standard InChI is InChI=1S/C15H30N2O/c1-12(2)14(9-10-16)7-8-15(18)17-11-5-4-6-13(17)3/h12-14H,4-11,16H2,1-3H3. The molecule has 1 rings (SSSR count). The van der Waals surface area contributed by atoms with Gasteiger partial charge in [0.2, 0.25) is 5.91 Å². The van der Waals surface area contributed by atoms with Gasteiger partial charge in [0, 0.05) is 19.0 Å². The number of hydrogen-bond acceptors (Lipinski definition) is 2. The molecular formula is C15H30N2O. The van der Waals surface area contributed by atoms with Crippen molar-refractivity contribution in [1.82, 2.24) is 4.90 Å². The van der Waals surface area contributed by atoms with Crippen molar-refractivity contribution < 1.29 is 4.79 Å². The largest absolute Gasteiger partial charge is 0.340 e. The van der Waals surface area contributed by atoms with E-state index in [1.165, 1.54) is 19.3 Å². The molecule has 3 heteroatoms. The normalized spacial score (nSPS) is 22.3. The molecule has 0 aromatic heterocycles. The van der Waals surface area contributed by atoms with Crippen LogP contribution < -0.4 is 5.73 Å². The van der Waals surface area contributed by atoms with Gasteiger partial charge in [-0.3, -0.25) is 4.79 Å². The van der Waals surface area contributed by atoms with Gasteiger partial charge in [-0.1, -0.05) is 13.8 Å². The first-order valence-electron chi connectivity index (χ1n) is 7.55. The van der Waals surface area contributed by atoms with Gasteiger partial charge in [0.15, 0.2) is 0 Å². The molecule has 1 aliphatic heterocycles. The average molecular weight is 254 g/mol. The molecule has 18 heavy (non-hydrogen) atoms. The van der Waals surface area contributed by atoms with E-state index in [0.717, 1.165) is 25.9 Å². The third kappa shape index (κ3) is 4.60. The molecule has 0 aromatic rings. The lowest BCUT2D eigenvalue weighted by Gasteiger charge is -2.34. The molecule has 0 aliphatic carbocycles. The summed E-state index contributed by atoms with van der Waals surface area (Å²) >= 11 is 0. The van der Waals surface area contributed by atoms with Crippen LogP contribution in [-0.2, 0) is 4.79 Å². The van der Waals surface area contributed by atoms with Crippen molar-refractivity contribution in [3.05, 3.63) is 0 Å². The van der Waals surface area contributed by atoms with Gasteiger partial charge in [0.05, 0.1) is 0 Å². The number of carbonyl (C=O) groups is 1. The van der Waals surface area contributed by atoms with Gasteiger partial charge in [-0.05, 0) is 57.4 Å². The average Bonchev–Trinajstić information content (AvgIpc) is 2.34. The molecule has 0 aromatic carbocycles. The quantitative estimate of drug-likeness (QED) is 0.792. The van der Waals surface area contributed by atoms with Crippen molar-refractivity contribution in [2.75, 3.05) is 13.1 Å². The van der Waals surface area contributed by atoms with Crippen LogP contribution in [0.15, 0.2) is 0 Å². The lowest BCUT2D eigenvalue weighted by atomic mass is 9.88. The fraction of sp³-hybridized carbons (Fsp3) is 0.933. The van der Waals surface area contributed by atoms with Crippen molar-refractivity contribution in [1.29, 1.82) is 0 Å². The number of piperidine rings is 1. The maximum Gasteiger partial charge on any atom is 0.222 e. The van der Waals surface area contributed by atoms with Crippen LogP contribution in [0.4, 0.5) is 0 Å². The Morgan fingerprint density at radius 3 is 2.61 bits per heavy atom. The van der Waals surface area contributed by atoms with Gasteiger partial charge < -0.3 is 10.6 Å². The molecular weight excluding hydrogens is 224 g/mol. The molecule has 0 bridgehead atoms. The predicted molar refractivity (Wildman–Crippen MR) is 76.3 cm³/mol. The Kier molecular flexibility index (Phi) is 6.69. The Hall–Kier alpha value is -0.570. The van der Waals surface area contributed by atoms with Gasteiger partial charge in [-0.15, -0.1) is 0 Å². The van der Waals surface area contributed by atoms with Crippen LogP contribution in [0.25, 0.3) is 0 Å². The summed E-state index contributed by atoms with van der Waals surface area (Å²) in [5, 5.41) is 0. The molecule has 2 N–H and O–H groups in total. The van der Waals surface area contributed by atoms with Crippen LogP contribution in [0, 0.1) is 11.8 Å². The molecule has 1 amide bonds. The first kappa shape index (κ1) is 15.5. The van der Waals surface area contributed by atoms with E-state index < -0.39 is 0 Å². The fourth-order valence-electron chi connectivity index (χ4n) is 2.95. The summed E-state index contributed by atoms with van der Waals surface area (Å²) < 4.78 is 0. The van der Waals surface area contributed by atoms with Gasteiger partial charge in [0.1, 0.15) is 0 Å². The highest BCUT2D eigenvalue weighted by molar-refractivity contribution is 5.76. The van der Waals surface area contributed by atoms with Crippen molar-refractivity contribution in [2.24, 2.45) is 17.6 Å². The van der Waals surface area contributed by atoms with Gasteiger partial charge in [0.25, 0.3) is 0 Å². The third-order valence-electron chi connectivity index (χ3n) is 4.33. The van der Waals surface area contributed by atoms with Gasteiger partial charge in [-0.2, -0.15) is 0 Å². The summed E-state index contributed by atoms with van der Waals surface area (Å²) in [7, 11) is 0. The maximum atomic E-state index is 12.2. The van der Waals surface area contributed by atoms with Gasteiger partial charge in [-0.25, -0.2) is 0 Å². The summed E-state index contributed by atoms with van der Waals surface area (Å²) in [5.41, 5.74) is 5.64. The van der Waals surface area contributed by atoms with E-state index in [4.69, 9.17) is 5.73 Å². The van der Waals surface area contributed by atoms with Crippen LogP contribution in [0.3, 0.4) is 0 Å². The summed E-state index contributed by atoms with van der Waals surface area (Å²) in [6.07, 6.45) is 6.35. The number of rotatable bonds is 6. The number of carbonyl (C=O) groups excluding carboxylic acids is 1. The molecule has 0 saturated carbocycles. The first-order valence-corrected chi connectivity index (χ1v) is 7.55. The Balaban J connectivity index is 2.38. The Labute approximate surface area is 112 Å². The van der Waals surface area contributed by atoms with Crippen molar-refractivity contribution in [3.8, 4) is 0 Å². The summed E-state index contributed by atoms with van der Waals surface area (Å²) in [6, 6.07) is 0.443. The second-order valence-electron chi connectivity index (χ2n) is 6.05. The van der Waals surface area contributed by atoms with Crippen LogP contribution in [-0.4, -0.2) is 29.9 Å². The molecule has 3 nitrogen and oxygen atoms in total. The fourth-order valence-corrected chi connectivity index (χ4v) is 2.95. The number of nitrogens with zero attached hydrogens (tertiary/aromatic N) is 1. The van der Waals surface area contributed by atoms with Crippen LogP contribution in [0.1, 0.15) is 59.3 Å². The van der Waals surface area contributed by atoms with Crippen LogP contribution in [0.5, 0.6) is 0 Å². The third-order valence-corrected chi connectivity index (χ3v) is 4.33. The van der Waals surface area contributed by atoms with Crippen LogP contribution in [0.2, 0.25) is 0 Å². The second kappa shape index (κ2) is 7.78. The summed E-state index contributed by atoms with van der Waals surface area (Å²) in [4.78, 5) is 14.3. The van der Waals surface area contributed by atoms with E-state index in [0.29, 0.717) is 30.2 Å². The van der Waals surface area contributed by atoms with Crippen molar-refractivity contribution >= 4 is 5.91 Å². The van der Waals surface area contributed by atoms with E-state index in [9.17, 15) is 4.79 Å². The van der Waals surface area contributed by atoms with E-state index in [1.807, 2.05) is 0 Å². The first-order chi connectivity index (χ1) is 8.56. The van der Waals surface area contributed by atoms with E-state index in [2.05, 4.69) is 25.7 Å². The Morgan fingerprint density at radius 2 is 2.06 bits per heavy atom. The SMILES string of the molecule is CC(C)C(CCN)CCC(=O)N1CCCCC1C. The molecule has 0 spiro atoms. The molecule has 1 heterocycles. The smallest absolute Gasteiger partial charge is 0.222 e. The molecule has 2 unspecified atom stereocenters. The predicted octanol–water partition coefficient (Wildman–Crippen LogP) is 2.79. The van der Waals surface area contributed by atoms with E-state index in [1.54, 1.807) is 0 Å². The minimum absolute atomic E-state index is 0.352. The number of nitrogens with two attached hydrogens (primary N) is 1. The zero-order valence-electron chi connectivity index (χ0n) is 12.3. The highest BCUT2D eigenvalue weighted by Gasteiger charge is 2.24. The molecule has 2 atom stereocenters. The topological polar surface area (TPSA) is 46.3 Å². The number of amides is 1. The highest BCUT2D eigenvalue weighted by atomic mass is 16.2. The molecule has 106 valence electrons. The summed E-state index contributed by atoms with van der Waals surface area (Å²) in [5.74, 6) is 1.57. The zero-order chi connectivity index (χ0) is 13.5. The highest BCUT2D eigenvalue weighted by Crippen LogP contribution is 2.23. The van der Waals surface area contributed by atoms with Crippen molar-refractivity contribution in [3.63, 3.8) is 0 Å². The number of likely N-dealkylation sites (tertiary alicyclic amines) is 1. The number of hydrogen-bond donors (Lipinski definition) is 1. The Bertz CT molecular complexity index is 253. The lowest BCUT2D eigenvalue weighted by Crippen LogP contribution is -2.42. The second-order valence-corrected chi connectivity index (χ2v) is 6.05. The van der Waals surface area contributed by atoms with E-state index in [-0.39, 0.29) is 0 Å². The zero-order valence-corrected chi connectivity index (χ0v) is 12.3. The molecule has 0 radical (unpaired) electrons. The Morgan fingerprint density at radius 1 is 1.33 bits per heavy atom. The molecule has 1 aliphatic rings. The maximum absolute atomic E-state index is 12.2. The minimum atomic E-state index is 0.352. The van der Waals surface area contributed by atoms with Gasteiger partial charge >= 0.3 is 0 Å². The van der Waals surface area contributed by atoms with E-state index >= 15 is 0 Å². The van der Waals surface area contributed by atoms with Crippen LogP contribution >= 0.6 is 0 Å². The molecule has 1 saturated heterocycles. The lowest BCUT2D eigenvalue weighted by molar-refractivity contribution is -0.134. The molecule has 1 fully saturated rings. The van der Waals surface area contributed by atoms with Crippen molar-refractivity contribution in [2.45, 2.75) is 65.3 Å². The monoisotopic (exact) mass is 254 g/mol. The summed E-state index contributed by atoms with van der Waals surface area (Å²) in [6.45, 7) is 8.33. The minimum Gasteiger partial charge on any atom is -0.340 e.